The summed E-state index contributed by atoms with van der Waals surface area (Å²) in [7, 11) is -2.13. The highest BCUT2D eigenvalue weighted by molar-refractivity contribution is 6.67. The SMILES string of the molecule is CCC(CC)C[Si](CC(CC)CC)(OC(C)C)OC(C)C. The van der Waals surface area contributed by atoms with E-state index in [0.717, 1.165) is 23.9 Å². The second-order valence-electron chi connectivity index (χ2n) is 7.02. The van der Waals surface area contributed by atoms with E-state index >= 15 is 0 Å². The van der Waals surface area contributed by atoms with E-state index in [2.05, 4.69) is 55.4 Å². The van der Waals surface area contributed by atoms with E-state index in [1.54, 1.807) is 0 Å². The minimum absolute atomic E-state index is 0.263. The minimum atomic E-state index is -2.13. The van der Waals surface area contributed by atoms with E-state index in [1.807, 2.05) is 0 Å². The zero-order valence-corrected chi connectivity index (χ0v) is 16.9. The standard InChI is InChI=1S/C18H40O2Si/c1-9-17(10-2)13-21(19-15(5)6,20-16(7)8)14-18(11-3)12-4/h15-18H,9-14H2,1-8H3. The largest absolute Gasteiger partial charge is 0.392 e. The van der Waals surface area contributed by atoms with Crippen molar-refractivity contribution in [1.82, 2.24) is 0 Å². The van der Waals surface area contributed by atoms with Gasteiger partial charge in [-0.2, -0.15) is 0 Å². The van der Waals surface area contributed by atoms with Crippen LogP contribution in [-0.4, -0.2) is 20.8 Å². The molecule has 0 saturated carbocycles. The van der Waals surface area contributed by atoms with Crippen molar-refractivity contribution in [1.29, 1.82) is 0 Å². The average molecular weight is 317 g/mol. The van der Waals surface area contributed by atoms with E-state index < -0.39 is 8.56 Å². The van der Waals surface area contributed by atoms with Crippen LogP contribution in [0, 0.1) is 11.8 Å². The lowest BCUT2D eigenvalue weighted by atomic mass is 10.1. The Labute approximate surface area is 135 Å². The molecule has 0 N–H and O–H groups in total. The van der Waals surface area contributed by atoms with Crippen LogP contribution in [0.25, 0.3) is 0 Å². The van der Waals surface area contributed by atoms with Gasteiger partial charge in [-0.25, -0.2) is 0 Å². The van der Waals surface area contributed by atoms with Gasteiger partial charge in [0.1, 0.15) is 0 Å². The van der Waals surface area contributed by atoms with Gasteiger partial charge in [-0.3, -0.25) is 0 Å². The highest BCUT2D eigenvalue weighted by Crippen LogP contribution is 2.34. The molecule has 0 aromatic carbocycles. The molecule has 0 unspecified atom stereocenters. The van der Waals surface area contributed by atoms with Gasteiger partial charge >= 0.3 is 8.56 Å². The van der Waals surface area contributed by atoms with Crippen LogP contribution in [0.5, 0.6) is 0 Å². The Bertz CT molecular complexity index is 220. The maximum Gasteiger partial charge on any atom is 0.339 e. The van der Waals surface area contributed by atoms with Crippen LogP contribution < -0.4 is 0 Å². The van der Waals surface area contributed by atoms with Crippen molar-refractivity contribution < 1.29 is 8.85 Å². The summed E-state index contributed by atoms with van der Waals surface area (Å²) in [5.41, 5.74) is 0. The molecule has 0 bridgehead atoms. The van der Waals surface area contributed by atoms with E-state index in [9.17, 15) is 0 Å². The van der Waals surface area contributed by atoms with E-state index in [1.165, 1.54) is 25.7 Å². The Morgan fingerprint density at radius 3 is 1.10 bits per heavy atom. The summed E-state index contributed by atoms with van der Waals surface area (Å²) >= 11 is 0. The van der Waals surface area contributed by atoms with E-state index in [-0.39, 0.29) is 12.2 Å². The van der Waals surface area contributed by atoms with Crippen LogP contribution in [0.1, 0.15) is 81.1 Å². The van der Waals surface area contributed by atoms with Gasteiger partial charge in [0.05, 0.1) is 0 Å². The summed E-state index contributed by atoms with van der Waals surface area (Å²) in [5, 5.41) is 0. The van der Waals surface area contributed by atoms with Gasteiger partial charge in [0.2, 0.25) is 0 Å². The number of hydrogen-bond donors (Lipinski definition) is 0. The smallest absolute Gasteiger partial charge is 0.339 e. The summed E-state index contributed by atoms with van der Waals surface area (Å²) in [6.07, 6.45) is 5.46. The molecule has 128 valence electrons. The third kappa shape index (κ3) is 8.37. The van der Waals surface area contributed by atoms with Crippen LogP contribution >= 0.6 is 0 Å². The van der Waals surface area contributed by atoms with Crippen LogP contribution in [0.3, 0.4) is 0 Å². The van der Waals surface area contributed by atoms with Gasteiger partial charge in [0, 0.05) is 12.2 Å². The maximum atomic E-state index is 6.53. The molecule has 0 spiro atoms. The van der Waals surface area contributed by atoms with Crippen molar-refractivity contribution in [3.63, 3.8) is 0 Å². The Morgan fingerprint density at radius 2 is 0.905 bits per heavy atom. The molecule has 0 heterocycles. The van der Waals surface area contributed by atoms with Crippen LogP contribution in [0.15, 0.2) is 0 Å². The van der Waals surface area contributed by atoms with Crippen molar-refractivity contribution in [3.05, 3.63) is 0 Å². The minimum Gasteiger partial charge on any atom is -0.392 e. The lowest BCUT2D eigenvalue weighted by Gasteiger charge is -2.38. The maximum absolute atomic E-state index is 6.53. The molecule has 0 atom stereocenters. The quantitative estimate of drug-likeness (QED) is 0.402. The van der Waals surface area contributed by atoms with Crippen LogP contribution in [0.2, 0.25) is 12.1 Å². The fourth-order valence-electron chi connectivity index (χ4n) is 3.20. The molecule has 2 nitrogen and oxygen atoms in total. The molecule has 0 fully saturated rings. The normalized spacial score (nSPS) is 13.1. The second kappa shape index (κ2) is 10.8. The molecule has 0 radical (unpaired) electrons. The Balaban J connectivity index is 5.27. The molecule has 0 aromatic heterocycles. The molecular weight excluding hydrogens is 276 g/mol. The predicted molar refractivity (Wildman–Crippen MR) is 96.0 cm³/mol. The van der Waals surface area contributed by atoms with Crippen LogP contribution in [0.4, 0.5) is 0 Å². The van der Waals surface area contributed by atoms with E-state index in [0.29, 0.717) is 0 Å². The molecule has 0 aliphatic carbocycles. The molecule has 0 aromatic rings. The third-order valence-electron chi connectivity index (χ3n) is 4.41. The van der Waals surface area contributed by atoms with Crippen molar-refractivity contribution in [3.8, 4) is 0 Å². The predicted octanol–water partition coefficient (Wildman–Crippen LogP) is 6.15. The van der Waals surface area contributed by atoms with Gasteiger partial charge in [-0.15, -0.1) is 0 Å². The van der Waals surface area contributed by atoms with Gasteiger partial charge in [0.15, 0.2) is 0 Å². The van der Waals surface area contributed by atoms with Gasteiger partial charge < -0.3 is 8.85 Å². The highest BCUT2D eigenvalue weighted by Gasteiger charge is 2.42. The molecule has 0 amide bonds. The first kappa shape index (κ1) is 21.1. The molecule has 3 heteroatoms. The Hall–Kier alpha value is 0.137. The highest BCUT2D eigenvalue weighted by atomic mass is 28.4. The summed E-state index contributed by atoms with van der Waals surface area (Å²) in [6, 6.07) is 2.32. The first-order chi connectivity index (χ1) is 9.82. The fraction of sp³-hybridized carbons (Fsp3) is 1.00. The topological polar surface area (TPSA) is 18.5 Å². The molecule has 0 rings (SSSR count). The van der Waals surface area contributed by atoms with Gasteiger partial charge in [0.25, 0.3) is 0 Å². The monoisotopic (exact) mass is 316 g/mol. The molecule has 0 aliphatic heterocycles. The van der Waals surface area contributed by atoms with Gasteiger partial charge in [-0.1, -0.05) is 53.4 Å². The Morgan fingerprint density at radius 1 is 0.619 bits per heavy atom. The fourth-order valence-corrected chi connectivity index (χ4v) is 8.44. The zero-order chi connectivity index (χ0) is 16.5. The first-order valence-corrected chi connectivity index (χ1v) is 11.4. The zero-order valence-electron chi connectivity index (χ0n) is 15.9. The second-order valence-corrected chi connectivity index (χ2v) is 10.1. The van der Waals surface area contributed by atoms with Gasteiger partial charge in [-0.05, 0) is 51.6 Å². The average Bonchev–Trinajstić information content (AvgIpc) is 2.40. The Kier molecular flexibility index (Phi) is 10.9. The van der Waals surface area contributed by atoms with Crippen molar-refractivity contribution >= 4 is 8.56 Å². The van der Waals surface area contributed by atoms with Crippen molar-refractivity contribution in [2.75, 3.05) is 0 Å². The summed E-state index contributed by atoms with van der Waals surface area (Å²) in [5.74, 6) is 1.48. The summed E-state index contributed by atoms with van der Waals surface area (Å²) in [6.45, 7) is 17.8. The molecular formula is C18H40O2Si. The lowest BCUT2D eigenvalue weighted by molar-refractivity contribution is 0.0961. The van der Waals surface area contributed by atoms with Crippen molar-refractivity contribution in [2.24, 2.45) is 11.8 Å². The lowest BCUT2D eigenvalue weighted by Crippen LogP contribution is -2.48. The van der Waals surface area contributed by atoms with E-state index in [4.69, 9.17) is 8.85 Å². The number of hydrogen-bond acceptors (Lipinski definition) is 2. The summed E-state index contributed by atoms with van der Waals surface area (Å²) in [4.78, 5) is 0. The van der Waals surface area contributed by atoms with Crippen LogP contribution in [-0.2, 0) is 8.85 Å². The number of rotatable bonds is 12. The molecule has 0 saturated heterocycles. The summed E-state index contributed by atoms with van der Waals surface area (Å²) < 4.78 is 13.1. The third-order valence-corrected chi connectivity index (χ3v) is 8.61. The molecule has 0 aliphatic rings. The first-order valence-electron chi connectivity index (χ1n) is 9.17. The van der Waals surface area contributed by atoms with Crippen molar-refractivity contribution in [2.45, 2.75) is 105 Å². The molecule has 21 heavy (non-hydrogen) atoms.